The summed E-state index contributed by atoms with van der Waals surface area (Å²) in [7, 11) is 0. The lowest BCUT2D eigenvalue weighted by Gasteiger charge is -2.18. The van der Waals surface area contributed by atoms with E-state index in [2.05, 4.69) is 115 Å². The van der Waals surface area contributed by atoms with Crippen molar-refractivity contribution in [3.63, 3.8) is 0 Å². The number of benzene rings is 1. The number of hydrogen-bond acceptors (Lipinski definition) is 4. The molecule has 0 aliphatic rings. The van der Waals surface area contributed by atoms with E-state index < -0.39 is 11.7 Å². The van der Waals surface area contributed by atoms with Crippen molar-refractivity contribution in [1.82, 2.24) is 9.97 Å². The van der Waals surface area contributed by atoms with Gasteiger partial charge < -0.3 is 5.21 Å². The Hall–Kier alpha value is -3.39. The monoisotopic (exact) mass is 739 g/mol. The third-order valence-corrected chi connectivity index (χ3v) is 7.78. The molecule has 0 amide bonds. The van der Waals surface area contributed by atoms with Crippen molar-refractivity contribution in [2.75, 3.05) is 6.26 Å². The summed E-state index contributed by atoms with van der Waals surface area (Å²) < 4.78 is 37.6. The molecule has 0 spiro atoms. The summed E-state index contributed by atoms with van der Waals surface area (Å²) in [5.41, 5.74) is 5.65. The van der Waals surface area contributed by atoms with Gasteiger partial charge in [0.1, 0.15) is 0 Å². The van der Waals surface area contributed by atoms with Crippen molar-refractivity contribution in [1.29, 1.82) is 0 Å². The summed E-state index contributed by atoms with van der Waals surface area (Å²) in [6.45, 7) is 28.0. The molecular weight excluding hydrogens is 676 g/mol. The van der Waals surface area contributed by atoms with E-state index >= 15 is 0 Å². The average Bonchev–Trinajstić information content (AvgIpc) is 2.97. The molecule has 4 aromatic rings. The largest absolute Gasteiger partial charge is 0.619 e. The molecule has 0 N–H and O–H groups in total. The maximum Gasteiger partial charge on any atom is 0.417 e. The van der Waals surface area contributed by atoms with Crippen LogP contribution in [0, 0.1) is 33.8 Å². The van der Waals surface area contributed by atoms with E-state index in [1.165, 1.54) is 22.1 Å². The molecule has 0 aliphatic carbocycles. The standard InChI is InChI=1S/C12H18S.C11H14F3N.C11H17N.C10H15NO/c1-12(2,3)9-10-6-5-7-11(8-10)13-4;1-10(2,3)6-9-5-4-8(7-15-9)11(12,13)14;1-9-5-6-10(8-12-9)7-11(2,3)4;1-10(2,3)8-9-6-4-5-7-11(9)12/h5-8H,9H2,1-4H3;4-5,7H,6H2,1-3H3;5-6,8H,7H2,1-4H3;4-7H,8H2,1-3H3. The molecule has 3 aromatic heterocycles. The molecule has 0 fully saturated rings. The van der Waals surface area contributed by atoms with E-state index in [9.17, 15) is 18.4 Å². The van der Waals surface area contributed by atoms with Crippen LogP contribution in [0.15, 0.2) is 90.2 Å². The van der Waals surface area contributed by atoms with Crippen molar-refractivity contribution in [2.45, 2.75) is 127 Å². The Morgan fingerprint density at radius 3 is 1.63 bits per heavy atom. The minimum absolute atomic E-state index is 0.0345. The quantitative estimate of drug-likeness (QED) is 0.116. The van der Waals surface area contributed by atoms with Gasteiger partial charge in [-0.15, -0.1) is 11.8 Å². The SMILES string of the molecule is CC(C)(C)Cc1ccc(C(F)(F)F)cn1.CC(C)(C)Cc1cccc[n+]1[O-].CSc1cccc(CC(C)(C)C)c1.Cc1ccc(CC(C)(C)C)cn1. The Morgan fingerprint density at radius 1 is 0.615 bits per heavy atom. The maximum atomic E-state index is 12.2. The van der Waals surface area contributed by atoms with E-state index in [1.807, 2.05) is 57.8 Å². The molecule has 8 heteroatoms. The molecule has 0 aliphatic heterocycles. The molecular formula is C44H64F3N3OS. The summed E-state index contributed by atoms with van der Waals surface area (Å²) >= 11 is 1.81. The molecule has 0 saturated heterocycles. The van der Waals surface area contributed by atoms with Gasteiger partial charge in [-0.05, 0) is 95.6 Å². The van der Waals surface area contributed by atoms with Crippen molar-refractivity contribution < 1.29 is 17.9 Å². The molecule has 52 heavy (non-hydrogen) atoms. The second kappa shape index (κ2) is 20.2. The second-order valence-electron chi connectivity index (χ2n) is 18.2. The van der Waals surface area contributed by atoms with Gasteiger partial charge in [-0.25, -0.2) is 0 Å². The first kappa shape index (κ1) is 46.6. The highest BCUT2D eigenvalue weighted by Crippen LogP contribution is 2.29. The first-order chi connectivity index (χ1) is 23.7. The number of rotatable bonds is 5. The minimum Gasteiger partial charge on any atom is -0.619 e. The Morgan fingerprint density at radius 2 is 1.19 bits per heavy atom. The van der Waals surface area contributed by atoms with E-state index in [4.69, 9.17) is 0 Å². The molecule has 1 aromatic carbocycles. The predicted octanol–water partition coefficient (Wildman–Crippen LogP) is 12.6. The van der Waals surface area contributed by atoms with Gasteiger partial charge in [0.15, 0.2) is 11.9 Å². The molecule has 288 valence electrons. The van der Waals surface area contributed by atoms with Crippen LogP contribution in [-0.4, -0.2) is 16.2 Å². The first-order valence-corrected chi connectivity index (χ1v) is 19.1. The van der Waals surface area contributed by atoms with Crippen LogP contribution < -0.4 is 4.73 Å². The van der Waals surface area contributed by atoms with E-state index in [0.717, 1.165) is 47.6 Å². The fourth-order valence-electron chi connectivity index (χ4n) is 4.99. The number of thioether (sulfide) groups is 1. The van der Waals surface area contributed by atoms with Crippen LogP contribution in [0.1, 0.15) is 117 Å². The highest BCUT2D eigenvalue weighted by Gasteiger charge is 2.30. The van der Waals surface area contributed by atoms with E-state index in [-0.39, 0.29) is 10.8 Å². The van der Waals surface area contributed by atoms with Crippen LogP contribution in [0.3, 0.4) is 0 Å². The lowest BCUT2D eigenvalue weighted by molar-refractivity contribution is -0.614. The van der Waals surface area contributed by atoms with Gasteiger partial charge in [0.05, 0.1) is 5.56 Å². The lowest BCUT2D eigenvalue weighted by Crippen LogP contribution is -2.33. The summed E-state index contributed by atoms with van der Waals surface area (Å²) in [4.78, 5) is 9.44. The predicted molar refractivity (Wildman–Crippen MR) is 214 cm³/mol. The molecule has 0 atom stereocenters. The topological polar surface area (TPSA) is 52.7 Å². The van der Waals surface area contributed by atoms with Gasteiger partial charge >= 0.3 is 6.18 Å². The molecule has 3 heterocycles. The Labute approximate surface area is 317 Å². The molecule has 4 rings (SSSR count). The van der Waals surface area contributed by atoms with Gasteiger partial charge in [-0.3, -0.25) is 9.97 Å². The van der Waals surface area contributed by atoms with Crippen LogP contribution in [0.2, 0.25) is 0 Å². The molecule has 0 radical (unpaired) electrons. The minimum atomic E-state index is -4.30. The van der Waals surface area contributed by atoms with E-state index in [1.54, 1.807) is 12.3 Å². The normalized spacial score (nSPS) is 12.0. The number of halogens is 3. The molecule has 0 saturated carbocycles. The van der Waals surface area contributed by atoms with Gasteiger partial charge in [0.2, 0.25) is 0 Å². The Balaban J connectivity index is 0.000000348. The van der Waals surface area contributed by atoms with Crippen LogP contribution in [0.25, 0.3) is 0 Å². The molecule has 4 nitrogen and oxygen atoms in total. The number of nitrogens with zero attached hydrogens (tertiary/aromatic N) is 3. The third kappa shape index (κ3) is 22.5. The second-order valence-corrected chi connectivity index (χ2v) is 19.0. The number of aromatic nitrogens is 3. The van der Waals surface area contributed by atoms with Crippen LogP contribution in [0.4, 0.5) is 13.2 Å². The number of aryl methyl sites for hydroxylation is 1. The molecule has 0 bridgehead atoms. The van der Waals surface area contributed by atoms with Gasteiger partial charge in [0, 0.05) is 47.2 Å². The maximum absolute atomic E-state index is 12.2. The van der Waals surface area contributed by atoms with Crippen molar-refractivity contribution >= 4 is 11.8 Å². The number of hydrogen-bond donors (Lipinski definition) is 0. The van der Waals surface area contributed by atoms with Crippen LogP contribution in [0.5, 0.6) is 0 Å². The van der Waals surface area contributed by atoms with Crippen molar-refractivity contribution in [3.8, 4) is 0 Å². The Kier molecular flexibility index (Phi) is 18.1. The Bertz CT molecular complexity index is 1590. The van der Waals surface area contributed by atoms with Crippen molar-refractivity contribution in [3.05, 3.63) is 124 Å². The highest BCUT2D eigenvalue weighted by atomic mass is 32.2. The van der Waals surface area contributed by atoms with E-state index in [0.29, 0.717) is 22.9 Å². The highest BCUT2D eigenvalue weighted by molar-refractivity contribution is 7.98. The average molecular weight is 740 g/mol. The van der Waals surface area contributed by atoms with Gasteiger partial charge in [-0.1, -0.05) is 107 Å². The van der Waals surface area contributed by atoms with Gasteiger partial charge in [-0.2, -0.15) is 17.9 Å². The summed E-state index contributed by atoms with van der Waals surface area (Å²) in [5, 5.41) is 11.2. The van der Waals surface area contributed by atoms with Crippen LogP contribution in [-0.2, 0) is 31.9 Å². The fraction of sp³-hybridized carbons (Fsp3) is 0.523. The summed E-state index contributed by atoms with van der Waals surface area (Å²) in [6.07, 6.45) is 5.97. The van der Waals surface area contributed by atoms with Gasteiger partial charge in [0.25, 0.3) is 0 Å². The van der Waals surface area contributed by atoms with Crippen LogP contribution >= 0.6 is 11.8 Å². The number of pyridine rings is 3. The third-order valence-electron chi connectivity index (χ3n) is 7.05. The molecule has 0 unspecified atom stereocenters. The zero-order valence-electron chi connectivity index (χ0n) is 34.2. The zero-order valence-corrected chi connectivity index (χ0v) is 35.0. The smallest absolute Gasteiger partial charge is 0.417 e. The summed E-state index contributed by atoms with van der Waals surface area (Å²) in [6, 6.07) is 21.1. The fourth-order valence-corrected chi connectivity index (χ4v) is 5.48. The first-order valence-electron chi connectivity index (χ1n) is 17.9. The van der Waals surface area contributed by atoms with Crippen molar-refractivity contribution in [2.24, 2.45) is 21.7 Å². The zero-order chi connectivity index (χ0) is 40.0. The summed E-state index contributed by atoms with van der Waals surface area (Å²) in [5.74, 6) is 0. The number of alkyl halides is 3. The lowest BCUT2D eigenvalue weighted by atomic mass is 9.88.